The summed E-state index contributed by atoms with van der Waals surface area (Å²) in [7, 11) is 0. The standard InChI is InChI=1S/C15H19ClN2O3/c16-12-8-7-10(14(19)20)9-13(12)18-15(21)17-11-5-3-1-2-4-6-11/h7-9,11H,1-6H2,(H,19,20)(H2,17,18,21). The van der Waals surface area contributed by atoms with Crippen molar-refractivity contribution >= 4 is 29.3 Å². The highest BCUT2D eigenvalue weighted by atomic mass is 35.5. The summed E-state index contributed by atoms with van der Waals surface area (Å²) in [6, 6.07) is 4.06. The lowest BCUT2D eigenvalue weighted by Gasteiger charge is -2.17. The topological polar surface area (TPSA) is 78.4 Å². The van der Waals surface area contributed by atoms with Crippen LogP contribution in [0.2, 0.25) is 5.02 Å². The Bertz CT molecular complexity index is 526. The summed E-state index contributed by atoms with van der Waals surface area (Å²) in [4.78, 5) is 22.9. The van der Waals surface area contributed by atoms with Crippen molar-refractivity contribution in [1.82, 2.24) is 5.32 Å². The molecule has 6 heteroatoms. The van der Waals surface area contributed by atoms with Gasteiger partial charge in [-0.25, -0.2) is 9.59 Å². The highest BCUT2D eigenvalue weighted by Crippen LogP contribution is 2.23. The Labute approximate surface area is 128 Å². The van der Waals surface area contributed by atoms with E-state index in [1.54, 1.807) is 0 Å². The Kier molecular flexibility index (Phi) is 5.44. The summed E-state index contributed by atoms with van der Waals surface area (Å²) in [5.74, 6) is -1.06. The molecule has 0 radical (unpaired) electrons. The maximum Gasteiger partial charge on any atom is 0.335 e. The maximum absolute atomic E-state index is 12.0. The van der Waals surface area contributed by atoms with Crippen molar-refractivity contribution in [3.63, 3.8) is 0 Å². The Hall–Kier alpha value is -1.75. The zero-order valence-electron chi connectivity index (χ0n) is 11.7. The van der Waals surface area contributed by atoms with Crippen molar-refractivity contribution in [3.8, 4) is 0 Å². The van der Waals surface area contributed by atoms with Gasteiger partial charge in [0.1, 0.15) is 0 Å². The van der Waals surface area contributed by atoms with E-state index in [1.807, 2.05) is 0 Å². The fourth-order valence-corrected chi connectivity index (χ4v) is 2.69. The first kappa shape index (κ1) is 15.6. The van der Waals surface area contributed by atoms with E-state index in [0.29, 0.717) is 10.7 Å². The predicted molar refractivity (Wildman–Crippen MR) is 82.1 cm³/mol. The minimum atomic E-state index is -1.06. The minimum Gasteiger partial charge on any atom is -0.478 e. The van der Waals surface area contributed by atoms with Crippen LogP contribution in [0.4, 0.5) is 10.5 Å². The lowest BCUT2D eigenvalue weighted by Crippen LogP contribution is -2.37. The third-order valence-corrected chi connectivity index (χ3v) is 3.98. The van der Waals surface area contributed by atoms with Crippen LogP contribution in [-0.2, 0) is 0 Å². The van der Waals surface area contributed by atoms with Crippen molar-refractivity contribution in [3.05, 3.63) is 28.8 Å². The Balaban J connectivity index is 1.98. The molecule has 1 aliphatic carbocycles. The SMILES string of the molecule is O=C(Nc1cc(C(=O)O)ccc1Cl)NC1CCCCCC1. The van der Waals surface area contributed by atoms with Crippen molar-refractivity contribution < 1.29 is 14.7 Å². The number of carbonyl (C=O) groups excluding carboxylic acids is 1. The van der Waals surface area contributed by atoms with Gasteiger partial charge < -0.3 is 15.7 Å². The molecule has 0 heterocycles. The molecule has 0 spiro atoms. The number of hydrogen-bond donors (Lipinski definition) is 3. The van der Waals surface area contributed by atoms with Gasteiger partial charge in [0.2, 0.25) is 0 Å². The first-order chi connectivity index (χ1) is 10.1. The molecule has 0 unspecified atom stereocenters. The average molecular weight is 311 g/mol. The normalized spacial score (nSPS) is 16.0. The van der Waals surface area contributed by atoms with Gasteiger partial charge in [-0.15, -0.1) is 0 Å². The van der Waals surface area contributed by atoms with Crippen molar-refractivity contribution in [2.45, 2.75) is 44.6 Å². The Morgan fingerprint density at radius 2 is 1.81 bits per heavy atom. The van der Waals surface area contributed by atoms with Gasteiger partial charge in [0.25, 0.3) is 0 Å². The largest absolute Gasteiger partial charge is 0.478 e. The van der Waals surface area contributed by atoms with Gasteiger partial charge in [0, 0.05) is 6.04 Å². The molecule has 2 rings (SSSR count). The zero-order valence-corrected chi connectivity index (χ0v) is 12.4. The van der Waals surface area contributed by atoms with Gasteiger partial charge in [-0.2, -0.15) is 0 Å². The van der Waals surface area contributed by atoms with Crippen molar-refractivity contribution in [2.75, 3.05) is 5.32 Å². The van der Waals surface area contributed by atoms with Crippen molar-refractivity contribution in [2.24, 2.45) is 0 Å². The second kappa shape index (κ2) is 7.31. The van der Waals surface area contributed by atoms with Gasteiger partial charge >= 0.3 is 12.0 Å². The fraction of sp³-hybridized carbons (Fsp3) is 0.467. The molecule has 0 aliphatic heterocycles. The molecular formula is C15H19ClN2O3. The molecule has 5 nitrogen and oxygen atoms in total. The summed E-state index contributed by atoms with van der Waals surface area (Å²) in [6.45, 7) is 0. The van der Waals surface area contributed by atoms with E-state index in [4.69, 9.17) is 16.7 Å². The highest BCUT2D eigenvalue weighted by molar-refractivity contribution is 6.33. The van der Waals surface area contributed by atoms with Crippen LogP contribution in [-0.4, -0.2) is 23.1 Å². The Morgan fingerprint density at radius 3 is 2.43 bits per heavy atom. The molecule has 0 saturated heterocycles. The van der Waals surface area contributed by atoms with E-state index in [2.05, 4.69) is 10.6 Å². The quantitative estimate of drug-likeness (QED) is 0.741. The zero-order chi connectivity index (χ0) is 15.2. The van der Waals surface area contributed by atoms with Crippen LogP contribution in [0.1, 0.15) is 48.9 Å². The van der Waals surface area contributed by atoms with Crippen LogP contribution in [0.5, 0.6) is 0 Å². The lowest BCUT2D eigenvalue weighted by molar-refractivity contribution is 0.0697. The number of rotatable bonds is 3. The van der Waals surface area contributed by atoms with Crippen LogP contribution >= 0.6 is 11.6 Å². The van der Waals surface area contributed by atoms with Gasteiger partial charge in [-0.3, -0.25) is 0 Å². The first-order valence-electron chi connectivity index (χ1n) is 7.16. The van der Waals surface area contributed by atoms with Crippen LogP contribution in [0, 0.1) is 0 Å². The van der Waals surface area contributed by atoms with E-state index < -0.39 is 5.97 Å². The molecule has 2 amide bonds. The number of amides is 2. The molecule has 0 aromatic heterocycles. The minimum absolute atomic E-state index is 0.0872. The summed E-state index contributed by atoms with van der Waals surface area (Å²) < 4.78 is 0. The lowest BCUT2D eigenvalue weighted by atomic mass is 10.1. The van der Waals surface area contributed by atoms with Gasteiger partial charge in [-0.1, -0.05) is 37.3 Å². The monoisotopic (exact) mass is 310 g/mol. The number of urea groups is 1. The summed E-state index contributed by atoms with van der Waals surface area (Å²) >= 11 is 5.98. The van der Waals surface area contributed by atoms with E-state index >= 15 is 0 Å². The first-order valence-corrected chi connectivity index (χ1v) is 7.54. The number of halogens is 1. The number of aromatic carboxylic acids is 1. The molecule has 1 saturated carbocycles. The predicted octanol–water partition coefficient (Wildman–Crippen LogP) is 3.88. The number of nitrogens with one attached hydrogen (secondary N) is 2. The number of carbonyl (C=O) groups is 2. The van der Waals surface area contributed by atoms with Gasteiger partial charge in [0.05, 0.1) is 16.3 Å². The average Bonchev–Trinajstić information content (AvgIpc) is 2.69. The van der Waals surface area contributed by atoms with E-state index in [9.17, 15) is 9.59 Å². The summed E-state index contributed by atoms with van der Waals surface area (Å²) in [5, 5.41) is 14.8. The molecule has 0 bridgehead atoms. The third-order valence-electron chi connectivity index (χ3n) is 3.65. The molecule has 1 aliphatic rings. The van der Waals surface area contributed by atoms with E-state index in [1.165, 1.54) is 31.0 Å². The summed E-state index contributed by atoms with van der Waals surface area (Å²) in [5.41, 5.74) is 0.395. The smallest absolute Gasteiger partial charge is 0.335 e. The van der Waals surface area contributed by atoms with Crippen LogP contribution in [0.3, 0.4) is 0 Å². The number of benzene rings is 1. The number of anilines is 1. The molecule has 1 aromatic carbocycles. The van der Waals surface area contributed by atoms with E-state index in [-0.39, 0.29) is 17.6 Å². The molecule has 114 valence electrons. The van der Waals surface area contributed by atoms with Crippen LogP contribution in [0.25, 0.3) is 0 Å². The number of hydrogen-bond acceptors (Lipinski definition) is 2. The van der Waals surface area contributed by atoms with Crippen molar-refractivity contribution in [1.29, 1.82) is 0 Å². The maximum atomic E-state index is 12.0. The highest BCUT2D eigenvalue weighted by Gasteiger charge is 2.16. The molecule has 3 N–H and O–H groups in total. The fourth-order valence-electron chi connectivity index (χ4n) is 2.52. The van der Waals surface area contributed by atoms with Gasteiger partial charge in [0.15, 0.2) is 0 Å². The molecule has 1 fully saturated rings. The van der Waals surface area contributed by atoms with Gasteiger partial charge in [-0.05, 0) is 31.0 Å². The molecular weight excluding hydrogens is 292 g/mol. The number of carboxylic acids is 1. The third kappa shape index (κ3) is 4.63. The second-order valence-corrected chi connectivity index (χ2v) is 5.69. The van der Waals surface area contributed by atoms with Crippen LogP contribution in [0.15, 0.2) is 18.2 Å². The number of carboxylic acid groups (broad SMARTS) is 1. The van der Waals surface area contributed by atoms with E-state index in [0.717, 1.165) is 25.7 Å². The molecule has 1 aromatic rings. The molecule has 0 atom stereocenters. The van der Waals surface area contributed by atoms with Crippen LogP contribution < -0.4 is 10.6 Å². The summed E-state index contributed by atoms with van der Waals surface area (Å²) in [6.07, 6.45) is 6.64. The Morgan fingerprint density at radius 1 is 1.14 bits per heavy atom. The second-order valence-electron chi connectivity index (χ2n) is 5.29. The molecule has 21 heavy (non-hydrogen) atoms.